The summed E-state index contributed by atoms with van der Waals surface area (Å²) in [6, 6.07) is 11.1. The van der Waals surface area contributed by atoms with Crippen LogP contribution in [0.2, 0.25) is 10.0 Å². The Balaban J connectivity index is 2.18. The van der Waals surface area contributed by atoms with Crippen LogP contribution in [0.4, 0.5) is 5.69 Å². The van der Waals surface area contributed by atoms with Gasteiger partial charge in [-0.25, -0.2) is 0 Å². The molecule has 0 aliphatic carbocycles. The summed E-state index contributed by atoms with van der Waals surface area (Å²) in [5.41, 5.74) is 5.80. The van der Waals surface area contributed by atoms with Gasteiger partial charge in [0.1, 0.15) is 11.6 Å². The molecule has 0 aromatic heterocycles. The average molecular weight is 434 g/mol. The topological polar surface area (TPSA) is 114 Å². The molecule has 0 heterocycles. The third-order valence-electron chi connectivity index (χ3n) is 3.74. The molecule has 2 amide bonds. The number of nitrogens with one attached hydrogen (secondary N) is 1. The van der Waals surface area contributed by atoms with Crippen molar-refractivity contribution in [2.24, 2.45) is 5.73 Å². The van der Waals surface area contributed by atoms with Gasteiger partial charge < -0.3 is 20.5 Å². The maximum Gasteiger partial charge on any atom is 0.265 e. The first-order valence-electron chi connectivity index (χ1n) is 8.27. The number of anilines is 1. The summed E-state index contributed by atoms with van der Waals surface area (Å²) in [5, 5.41) is 12.4. The van der Waals surface area contributed by atoms with E-state index in [1.54, 1.807) is 43.3 Å². The van der Waals surface area contributed by atoms with E-state index in [9.17, 15) is 9.59 Å². The minimum atomic E-state index is -0.888. The first kappa shape index (κ1) is 22.1. The van der Waals surface area contributed by atoms with E-state index in [1.165, 1.54) is 19.3 Å². The average Bonchev–Trinajstić information content (AvgIpc) is 2.69. The molecule has 0 fully saturated rings. The molecule has 2 aromatic carbocycles. The number of rotatable bonds is 7. The zero-order valence-corrected chi connectivity index (χ0v) is 17.0. The van der Waals surface area contributed by atoms with Crippen molar-refractivity contribution in [3.63, 3.8) is 0 Å². The molecule has 0 unspecified atom stereocenters. The fraction of sp³-hybridized carbons (Fsp3) is 0.150. The molecule has 0 saturated carbocycles. The molecule has 0 aliphatic rings. The quantitative estimate of drug-likeness (QED) is 0.508. The highest BCUT2D eigenvalue weighted by Crippen LogP contribution is 2.30. The smallest absolute Gasteiger partial charge is 0.265 e. The largest absolute Gasteiger partial charge is 0.493 e. The standard InChI is InChI=1S/C20H17Cl2N3O4/c1-11(20(27)25-16-9-14(21)4-5-15(16)22)29-17-6-3-12(8-18(17)28-2)7-13(10-23)19(24)26/h3-9,11H,1-2H3,(H2,24,26)(H,25,27)/b13-7+/t11-/m0/s1. The zero-order valence-electron chi connectivity index (χ0n) is 15.5. The predicted molar refractivity (Wildman–Crippen MR) is 111 cm³/mol. The summed E-state index contributed by atoms with van der Waals surface area (Å²) in [5.74, 6) is -0.680. The molecule has 0 radical (unpaired) electrons. The number of carbonyl (C=O) groups excluding carboxylic acids is 2. The number of carbonyl (C=O) groups is 2. The van der Waals surface area contributed by atoms with Gasteiger partial charge in [0.15, 0.2) is 17.6 Å². The number of benzene rings is 2. The molecule has 9 heteroatoms. The Kier molecular flexibility index (Phi) is 7.48. The zero-order chi connectivity index (χ0) is 21.6. The SMILES string of the molecule is COc1cc(/C=C(\C#N)C(N)=O)ccc1O[C@@H](C)C(=O)Nc1cc(Cl)ccc1Cl. The van der Waals surface area contributed by atoms with Gasteiger partial charge in [-0.1, -0.05) is 29.3 Å². The van der Waals surface area contributed by atoms with Gasteiger partial charge in [0.2, 0.25) is 0 Å². The van der Waals surface area contributed by atoms with E-state index < -0.39 is 17.9 Å². The minimum Gasteiger partial charge on any atom is -0.493 e. The van der Waals surface area contributed by atoms with Crippen LogP contribution < -0.4 is 20.5 Å². The number of nitrogens with two attached hydrogens (primary N) is 1. The van der Waals surface area contributed by atoms with Gasteiger partial charge in [0.25, 0.3) is 11.8 Å². The van der Waals surface area contributed by atoms with E-state index in [0.29, 0.717) is 32.8 Å². The number of methoxy groups -OCH3 is 1. The Morgan fingerprint density at radius 1 is 1.21 bits per heavy atom. The van der Waals surface area contributed by atoms with Crippen LogP contribution in [0, 0.1) is 11.3 Å². The molecular formula is C20H17Cl2N3O4. The van der Waals surface area contributed by atoms with E-state index in [-0.39, 0.29) is 5.57 Å². The van der Waals surface area contributed by atoms with Gasteiger partial charge in [-0.15, -0.1) is 0 Å². The first-order chi connectivity index (χ1) is 13.7. The molecule has 150 valence electrons. The van der Waals surface area contributed by atoms with E-state index >= 15 is 0 Å². The van der Waals surface area contributed by atoms with Crippen LogP contribution in [-0.4, -0.2) is 25.0 Å². The third-order valence-corrected chi connectivity index (χ3v) is 4.31. The van der Waals surface area contributed by atoms with Gasteiger partial charge in [0, 0.05) is 5.02 Å². The second-order valence-corrected chi connectivity index (χ2v) is 6.66. The van der Waals surface area contributed by atoms with Gasteiger partial charge in [-0.05, 0) is 48.9 Å². The number of halogens is 2. The fourth-order valence-corrected chi connectivity index (χ4v) is 2.61. The molecule has 2 aromatic rings. The molecule has 3 N–H and O–H groups in total. The Bertz CT molecular complexity index is 1020. The van der Waals surface area contributed by atoms with Crippen molar-refractivity contribution < 1.29 is 19.1 Å². The Labute approximate surface area is 177 Å². The van der Waals surface area contributed by atoms with Crippen molar-refractivity contribution in [3.8, 4) is 17.6 Å². The number of amides is 2. The normalized spacial score (nSPS) is 11.9. The predicted octanol–water partition coefficient (Wildman–Crippen LogP) is 3.80. The highest BCUT2D eigenvalue weighted by atomic mass is 35.5. The lowest BCUT2D eigenvalue weighted by molar-refractivity contribution is -0.122. The summed E-state index contributed by atoms with van der Waals surface area (Å²) in [7, 11) is 1.42. The molecule has 0 spiro atoms. The molecule has 0 bridgehead atoms. The second kappa shape index (κ2) is 9.82. The minimum absolute atomic E-state index is 0.202. The molecular weight excluding hydrogens is 417 g/mol. The molecule has 1 atom stereocenters. The Hall–Kier alpha value is -3.21. The van der Waals surface area contributed by atoms with Crippen LogP contribution in [0.25, 0.3) is 6.08 Å². The lowest BCUT2D eigenvalue weighted by Gasteiger charge is -2.17. The Morgan fingerprint density at radius 3 is 2.55 bits per heavy atom. The summed E-state index contributed by atoms with van der Waals surface area (Å²) >= 11 is 12.0. The van der Waals surface area contributed by atoms with E-state index in [1.807, 2.05) is 0 Å². The maximum absolute atomic E-state index is 12.4. The van der Waals surface area contributed by atoms with Crippen LogP contribution in [0.3, 0.4) is 0 Å². The summed E-state index contributed by atoms with van der Waals surface area (Å²) in [6.45, 7) is 1.56. The Morgan fingerprint density at radius 2 is 1.93 bits per heavy atom. The van der Waals surface area contributed by atoms with Crippen LogP contribution in [0.5, 0.6) is 11.5 Å². The van der Waals surface area contributed by atoms with Crippen LogP contribution >= 0.6 is 23.2 Å². The van der Waals surface area contributed by atoms with Gasteiger partial charge in [0.05, 0.1) is 17.8 Å². The maximum atomic E-state index is 12.4. The number of nitrogens with zero attached hydrogens (tertiary/aromatic N) is 1. The van der Waals surface area contributed by atoms with Crippen LogP contribution in [0.1, 0.15) is 12.5 Å². The van der Waals surface area contributed by atoms with Crippen LogP contribution in [0.15, 0.2) is 42.0 Å². The van der Waals surface area contributed by atoms with E-state index in [0.717, 1.165) is 0 Å². The van der Waals surface area contributed by atoms with Gasteiger partial charge in [-0.3, -0.25) is 9.59 Å². The van der Waals surface area contributed by atoms with E-state index in [4.69, 9.17) is 43.7 Å². The molecule has 7 nitrogen and oxygen atoms in total. The first-order valence-corrected chi connectivity index (χ1v) is 9.03. The third kappa shape index (κ3) is 5.88. The van der Waals surface area contributed by atoms with Crippen molar-refractivity contribution in [2.75, 3.05) is 12.4 Å². The van der Waals surface area contributed by atoms with Crippen molar-refractivity contribution in [1.82, 2.24) is 0 Å². The monoisotopic (exact) mass is 433 g/mol. The number of hydrogen-bond acceptors (Lipinski definition) is 5. The lowest BCUT2D eigenvalue weighted by atomic mass is 10.1. The van der Waals surface area contributed by atoms with Crippen molar-refractivity contribution >= 4 is 46.8 Å². The fourth-order valence-electron chi connectivity index (χ4n) is 2.27. The highest BCUT2D eigenvalue weighted by Gasteiger charge is 2.18. The number of primary amides is 1. The van der Waals surface area contributed by atoms with Crippen molar-refractivity contribution in [3.05, 3.63) is 57.6 Å². The van der Waals surface area contributed by atoms with E-state index in [2.05, 4.69) is 5.32 Å². The number of nitriles is 1. The molecule has 0 saturated heterocycles. The number of ether oxygens (including phenoxy) is 2. The highest BCUT2D eigenvalue weighted by molar-refractivity contribution is 6.35. The summed E-state index contributed by atoms with van der Waals surface area (Å²) in [4.78, 5) is 23.6. The number of hydrogen-bond donors (Lipinski definition) is 2. The second-order valence-electron chi connectivity index (χ2n) is 5.82. The van der Waals surface area contributed by atoms with Crippen LogP contribution in [-0.2, 0) is 9.59 Å². The summed E-state index contributed by atoms with van der Waals surface area (Å²) < 4.78 is 11.0. The molecule has 2 rings (SSSR count). The van der Waals surface area contributed by atoms with Gasteiger partial charge >= 0.3 is 0 Å². The van der Waals surface area contributed by atoms with Gasteiger partial charge in [-0.2, -0.15) is 5.26 Å². The van der Waals surface area contributed by atoms with Crippen molar-refractivity contribution in [1.29, 1.82) is 5.26 Å². The lowest BCUT2D eigenvalue weighted by Crippen LogP contribution is -2.30. The molecule has 29 heavy (non-hydrogen) atoms. The molecule has 0 aliphatic heterocycles. The summed E-state index contributed by atoms with van der Waals surface area (Å²) in [6.07, 6.45) is 0.437. The van der Waals surface area contributed by atoms with Crippen molar-refractivity contribution in [2.45, 2.75) is 13.0 Å².